The number of hydrogen-bond donors (Lipinski definition) is 0. The average Bonchev–Trinajstić information content (AvgIpc) is 2.59. The lowest BCUT2D eigenvalue weighted by atomic mass is 10.0. The molecule has 2 unspecified atom stereocenters. The summed E-state index contributed by atoms with van der Waals surface area (Å²) in [6.07, 6.45) is 11.2. The minimum absolute atomic E-state index is 0.432. The first kappa shape index (κ1) is 16.1. The van der Waals surface area contributed by atoms with Crippen molar-refractivity contribution in [1.29, 1.82) is 0 Å². The van der Waals surface area contributed by atoms with Gasteiger partial charge in [0.1, 0.15) is 0 Å². The van der Waals surface area contributed by atoms with Gasteiger partial charge in [0.25, 0.3) is 0 Å². The van der Waals surface area contributed by atoms with E-state index < -0.39 is 10.0 Å². The maximum absolute atomic E-state index is 2.44. The molecule has 1 rings (SSSR count). The average molecular weight is 287 g/mol. The lowest BCUT2D eigenvalue weighted by Crippen LogP contribution is -2.14. The van der Waals surface area contributed by atoms with Crippen LogP contribution in [0.25, 0.3) is 0 Å². The van der Waals surface area contributed by atoms with Crippen LogP contribution in [0.3, 0.4) is 0 Å². The van der Waals surface area contributed by atoms with Crippen molar-refractivity contribution in [3.63, 3.8) is 0 Å². The lowest BCUT2D eigenvalue weighted by molar-refractivity contribution is 0.675. The van der Waals surface area contributed by atoms with E-state index in [1.807, 2.05) is 0 Å². The Labute approximate surface area is 120 Å². The van der Waals surface area contributed by atoms with Gasteiger partial charge in [-0.3, -0.25) is 0 Å². The first-order chi connectivity index (χ1) is 8.25. The molecule has 106 valence electrons. The Kier molecular flexibility index (Phi) is 5.79. The van der Waals surface area contributed by atoms with Crippen molar-refractivity contribution in [2.24, 2.45) is 0 Å². The second-order valence-corrected chi connectivity index (χ2v) is 12.2. The molecule has 0 saturated carbocycles. The third-order valence-corrected chi connectivity index (χ3v) is 8.00. The van der Waals surface area contributed by atoms with Crippen molar-refractivity contribution in [2.45, 2.75) is 58.1 Å². The van der Waals surface area contributed by atoms with Crippen molar-refractivity contribution in [3.05, 3.63) is 21.4 Å². The predicted octanol–water partition coefficient (Wildman–Crippen LogP) is 5.59. The third kappa shape index (κ3) is 4.31. The zero-order chi connectivity index (χ0) is 13.9. The van der Waals surface area contributed by atoms with Gasteiger partial charge in [0.15, 0.2) is 0 Å². The normalized spacial score (nSPS) is 16.6. The second-order valence-electron chi connectivity index (χ2n) is 6.39. The molecule has 0 saturated heterocycles. The number of aryl methyl sites for hydroxylation is 1. The van der Waals surface area contributed by atoms with Crippen LogP contribution in [0.4, 0.5) is 0 Å². The summed E-state index contributed by atoms with van der Waals surface area (Å²) in [7, 11) is -0.432. The van der Waals surface area contributed by atoms with Crippen LogP contribution in [0.5, 0.6) is 0 Å². The summed E-state index contributed by atoms with van der Waals surface area (Å²) < 4.78 is 0. The Morgan fingerprint density at radius 2 is 1.83 bits per heavy atom. The molecular formula is C16H30S2. The molecule has 0 aliphatic heterocycles. The van der Waals surface area contributed by atoms with Crippen LogP contribution in [0.15, 0.2) is 6.07 Å². The fraction of sp³-hybridized carbons (Fsp3) is 0.750. The largest absolute Gasteiger partial charge is 0.247 e. The molecule has 0 nitrogen and oxygen atoms in total. The maximum Gasteiger partial charge on any atom is 0.00877 e. The van der Waals surface area contributed by atoms with Crippen molar-refractivity contribution >= 4 is 21.4 Å². The topological polar surface area (TPSA) is 0 Å². The van der Waals surface area contributed by atoms with Gasteiger partial charge in [-0.05, 0) is 61.3 Å². The molecule has 0 spiro atoms. The summed E-state index contributed by atoms with van der Waals surface area (Å²) in [6.45, 7) is 9.36. The van der Waals surface area contributed by atoms with E-state index in [1.54, 1.807) is 9.75 Å². The maximum atomic E-state index is 2.44. The molecule has 0 bridgehead atoms. The first-order valence-electron chi connectivity index (χ1n) is 7.02. The van der Waals surface area contributed by atoms with Crippen LogP contribution in [0.1, 0.15) is 54.8 Å². The molecule has 18 heavy (non-hydrogen) atoms. The summed E-state index contributed by atoms with van der Waals surface area (Å²) in [5, 5.41) is 0.823. The Balaban J connectivity index is 2.79. The quantitative estimate of drug-likeness (QED) is 0.640. The molecule has 0 radical (unpaired) electrons. The van der Waals surface area contributed by atoms with E-state index in [4.69, 9.17) is 0 Å². The van der Waals surface area contributed by atoms with Gasteiger partial charge in [-0.15, -0.1) is 11.3 Å². The van der Waals surface area contributed by atoms with Gasteiger partial charge in [-0.2, -0.15) is 0 Å². The zero-order valence-corrected chi connectivity index (χ0v) is 14.8. The van der Waals surface area contributed by atoms with Gasteiger partial charge in [0, 0.05) is 9.75 Å². The Bertz CT molecular complexity index is 371. The molecule has 0 aliphatic carbocycles. The van der Waals surface area contributed by atoms with E-state index in [2.05, 4.69) is 63.9 Å². The predicted molar refractivity (Wildman–Crippen MR) is 90.9 cm³/mol. The van der Waals surface area contributed by atoms with Crippen molar-refractivity contribution in [3.8, 4) is 0 Å². The van der Waals surface area contributed by atoms with Gasteiger partial charge in [-0.25, -0.2) is 10.0 Å². The molecular weight excluding hydrogens is 256 g/mol. The Morgan fingerprint density at radius 3 is 2.33 bits per heavy atom. The van der Waals surface area contributed by atoms with Crippen LogP contribution < -0.4 is 0 Å². The van der Waals surface area contributed by atoms with E-state index in [1.165, 1.54) is 24.8 Å². The molecule has 1 heterocycles. The lowest BCUT2D eigenvalue weighted by Gasteiger charge is -2.33. The van der Waals surface area contributed by atoms with Gasteiger partial charge in [-0.1, -0.05) is 27.2 Å². The molecule has 2 heteroatoms. The van der Waals surface area contributed by atoms with Crippen LogP contribution in [0.2, 0.25) is 0 Å². The fourth-order valence-electron chi connectivity index (χ4n) is 2.08. The molecule has 2 atom stereocenters. The summed E-state index contributed by atoms with van der Waals surface area (Å²) >= 11 is 2.07. The smallest absolute Gasteiger partial charge is 0.00877 e. The van der Waals surface area contributed by atoms with Gasteiger partial charge in [0.05, 0.1) is 0 Å². The summed E-state index contributed by atoms with van der Waals surface area (Å²) in [6, 6.07) is 2.44. The highest BCUT2D eigenvalue weighted by Gasteiger charge is 2.18. The molecule has 0 amide bonds. The van der Waals surface area contributed by atoms with Crippen molar-refractivity contribution in [1.82, 2.24) is 0 Å². The highest BCUT2D eigenvalue weighted by atomic mass is 32.3. The molecule has 0 fully saturated rings. The van der Waals surface area contributed by atoms with Gasteiger partial charge >= 0.3 is 0 Å². The number of rotatable bonds is 6. The fourth-order valence-corrected chi connectivity index (χ4v) is 4.24. The van der Waals surface area contributed by atoms with E-state index in [0.717, 1.165) is 11.2 Å². The monoisotopic (exact) mass is 286 g/mol. The number of thiophene rings is 1. The molecule has 1 aromatic rings. The van der Waals surface area contributed by atoms with E-state index in [9.17, 15) is 0 Å². The SMILES string of the molecule is CCCC(C)c1cc(C)c(CC(C)S(C)(C)C)s1. The summed E-state index contributed by atoms with van der Waals surface area (Å²) in [4.78, 5) is 3.23. The highest BCUT2D eigenvalue weighted by Crippen LogP contribution is 2.43. The van der Waals surface area contributed by atoms with Gasteiger partial charge < -0.3 is 0 Å². The van der Waals surface area contributed by atoms with Crippen molar-refractivity contribution in [2.75, 3.05) is 18.8 Å². The minimum Gasteiger partial charge on any atom is -0.247 e. The highest BCUT2D eigenvalue weighted by molar-refractivity contribution is 8.32. The van der Waals surface area contributed by atoms with E-state index in [-0.39, 0.29) is 0 Å². The van der Waals surface area contributed by atoms with E-state index in [0.29, 0.717) is 0 Å². The number of hydrogen-bond acceptors (Lipinski definition) is 1. The molecule has 0 N–H and O–H groups in total. The van der Waals surface area contributed by atoms with Crippen LogP contribution in [0, 0.1) is 6.92 Å². The zero-order valence-electron chi connectivity index (χ0n) is 13.2. The van der Waals surface area contributed by atoms with Crippen molar-refractivity contribution < 1.29 is 0 Å². The summed E-state index contributed by atoms with van der Waals surface area (Å²) in [5.74, 6) is 0.740. The minimum atomic E-state index is -0.432. The summed E-state index contributed by atoms with van der Waals surface area (Å²) in [5.41, 5.74) is 1.52. The van der Waals surface area contributed by atoms with Crippen LogP contribution in [-0.2, 0) is 6.42 Å². The van der Waals surface area contributed by atoms with Crippen LogP contribution in [-0.4, -0.2) is 24.0 Å². The standard InChI is InChI=1S/C16H30S2/c1-8-9-12(2)15-10-13(3)16(17-15)11-14(4)18(5,6)7/h10,12,14H,8-9,11H2,1-7H3. The molecule has 0 aromatic carbocycles. The molecule has 1 aromatic heterocycles. The molecule has 0 aliphatic rings. The Hall–Kier alpha value is 0.0500. The van der Waals surface area contributed by atoms with Crippen LogP contribution >= 0.6 is 21.4 Å². The van der Waals surface area contributed by atoms with E-state index >= 15 is 0 Å². The van der Waals surface area contributed by atoms with Gasteiger partial charge in [0.2, 0.25) is 0 Å². The Morgan fingerprint density at radius 1 is 1.22 bits per heavy atom. The second kappa shape index (κ2) is 6.47. The third-order valence-electron chi connectivity index (χ3n) is 3.93. The first-order valence-corrected chi connectivity index (χ1v) is 10.8.